The molecule has 28 heavy (non-hydrogen) atoms. The maximum atomic E-state index is 13.1. The minimum Gasteiger partial charge on any atom is -0.484 e. The lowest BCUT2D eigenvalue weighted by Crippen LogP contribution is -2.28. The molecule has 7 heteroatoms. The summed E-state index contributed by atoms with van der Waals surface area (Å²) in [6.45, 7) is 3.28. The quantitative estimate of drug-likeness (QED) is 0.674. The number of halogens is 1. The van der Waals surface area contributed by atoms with Gasteiger partial charge in [-0.25, -0.2) is 4.39 Å². The zero-order valence-electron chi connectivity index (χ0n) is 15.5. The van der Waals surface area contributed by atoms with Gasteiger partial charge in [-0.2, -0.15) is 0 Å². The lowest BCUT2D eigenvalue weighted by molar-refractivity contribution is 0.0780. The van der Waals surface area contributed by atoms with Crippen LogP contribution in [0.15, 0.2) is 53.2 Å². The van der Waals surface area contributed by atoms with E-state index in [9.17, 15) is 9.18 Å². The molecule has 1 amide bonds. The molecule has 0 radical (unpaired) electrons. The van der Waals surface area contributed by atoms with Crippen LogP contribution >= 0.6 is 0 Å². The summed E-state index contributed by atoms with van der Waals surface area (Å²) in [5.74, 6) is 0.869. The fraction of sp³-hybridized carbons (Fsp3) is 0.286. The van der Waals surface area contributed by atoms with Gasteiger partial charge in [0.05, 0.1) is 6.20 Å². The maximum absolute atomic E-state index is 13.1. The predicted octanol–water partition coefficient (Wildman–Crippen LogP) is 3.73. The van der Waals surface area contributed by atoms with Gasteiger partial charge in [0.2, 0.25) is 0 Å². The Kier molecular flexibility index (Phi) is 5.06. The zero-order chi connectivity index (χ0) is 19.5. The van der Waals surface area contributed by atoms with Gasteiger partial charge in [0, 0.05) is 30.8 Å². The molecule has 1 atom stereocenters. The summed E-state index contributed by atoms with van der Waals surface area (Å²) < 4.78 is 23.9. The van der Waals surface area contributed by atoms with Crippen LogP contribution in [-0.4, -0.2) is 34.0 Å². The Hall–Kier alpha value is -3.22. The molecular weight excluding hydrogens is 361 g/mol. The molecule has 0 saturated carbocycles. The average molecular weight is 381 g/mol. The van der Waals surface area contributed by atoms with Crippen molar-refractivity contribution in [1.82, 2.24) is 15.0 Å². The van der Waals surface area contributed by atoms with Gasteiger partial charge in [-0.1, -0.05) is 17.3 Å². The molecule has 0 N–H and O–H groups in total. The van der Waals surface area contributed by atoms with Crippen molar-refractivity contribution in [1.29, 1.82) is 0 Å². The molecular formula is C21H20FN3O3. The molecule has 1 aromatic carbocycles. The lowest BCUT2D eigenvalue weighted by atomic mass is 9.99. The molecule has 3 aromatic rings. The van der Waals surface area contributed by atoms with Crippen LogP contribution in [0.3, 0.4) is 0 Å². The third kappa shape index (κ3) is 4.03. The number of benzene rings is 1. The highest BCUT2D eigenvalue weighted by atomic mass is 19.1. The second kappa shape index (κ2) is 7.80. The van der Waals surface area contributed by atoms with Crippen LogP contribution in [-0.2, 0) is 6.61 Å². The molecule has 6 nitrogen and oxygen atoms in total. The number of nitrogens with zero attached hydrogens (tertiary/aromatic N) is 3. The number of aromatic nitrogens is 2. The van der Waals surface area contributed by atoms with Crippen molar-refractivity contribution in [2.24, 2.45) is 0 Å². The number of hydrogen-bond acceptors (Lipinski definition) is 5. The van der Waals surface area contributed by atoms with Gasteiger partial charge in [-0.3, -0.25) is 9.78 Å². The molecule has 2 aromatic heterocycles. The Morgan fingerprint density at radius 1 is 1.29 bits per heavy atom. The minimum atomic E-state index is -0.256. The first-order valence-electron chi connectivity index (χ1n) is 9.14. The van der Waals surface area contributed by atoms with Gasteiger partial charge in [0.25, 0.3) is 5.91 Å². The van der Waals surface area contributed by atoms with Crippen molar-refractivity contribution in [3.63, 3.8) is 0 Å². The normalized spacial score (nSPS) is 16.4. The zero-order valence-corrected chi connectivity index (χ0v) is 15.5. The maximum Gasteiger partial charge on any atom is 0.276 e. The lowest BCUT2D eigenvalue weighted by Gasteiger charge is -2.15. The standard InChI is InChI=1S/C21H20FN3O3/c1-14-2-7-18(11-23-14)27-13-19-10-20(24-28-19)21(26)25-9-8-16(12-25)15-3-5-17(22)6-4-15/h2-7,10-11,16H,8-9,12-13H2,1H3/t16-/m1/s1. The summed E-state index contributed by atoms with van der Waals surface area (Å²) in [5.41, 5.74) is 2.21. The first-order valence-corrected chi connectivity index (χ1v) is 9.14. The number of carbonyl (C=O) groups is 1. The van der Waals surface area contributed by atoms with Crippen LogP contribution in [0.5, 0.6) is 5.75 Å². The topological polar surface area (TPSA) is 68.5 Å². The SMILES string of the molecule is Cc1ccc(OCc2cc(C(=O)N3CC[C@@H](c4ccc(F)cc4)C3)no2)cn1. The van der Waals surface area contributed by atoms with Crippen LogP contribution in [0.4, 0.5) is 4.39 Å². The van der Waals surface area contributed by atoms with Crippen LogP contribution in [0.25, 0.3) is 0 Å². The number of amides is 1. The van der Waals surface area contributed by atoms with Gasteiger partial charge >= 0.3 is 0 Å². The Labute approximate surface area is 161 Å². The second-order valence-corrected chi connectivity index (χ2v) is 6.89. The van der Waals surface area contributed by atoms with Crippen LogP contribution in [0.2, 0.25) is 0 Å². The van der Waals surface area contributed by atoms with Gasteiger partial charge in [0.1, 0.15) is 18.2 Å². The van der Waals surface area contributed by atoms with Crippen molar-refractivity contribution < 1.29 is 18.4 Å². The molecule has 4 rings (SSSR count). The van der Waals surface area contributed by atoms with E-state index in [1.165, 1.54) is 12.1 Å². The molecule has 1 fully saturated rings. The van der Waals surface area contributed by atoms with Crippen molar-refractivity contribution in [3.05, 3.63) is 77.2 Å². The van der Waals surface area contributed by atoms with Crippen LogP contribution < -0.4 is 4.74 Å². The summed E-state index contributed by atoms with van der Waals surface area (Å²) >= 11 is 0. The third-order valence-corrected chi connectivity index (χ3v) is 4.86. The van der Waals surface area contributed by atoms with E-state index in [2.05, 4.69) is 10.1 Å². The molecule has 0 unspecified atom stereocenters. The summed E-state index contributed by atoms with van der Waals surface area (Å²) in [6.07, 6.45) is 2.48. The van der Waals surface area contributed by atoms with Crippen molar-refractivity contribution >= 4 is 5.91 Å². The fourth-order valence-corrected chi connectivity index (χ4v) is 3.29. The van der Waals surface area contributed by atoms with E-state index in [1.807, 2.05) is 19.1 Å². The summed E-state index contributed by atoms with van der Waals surface area (Å²) in [5, 5.41) is 3.89. The Bertz CT molecular complexity index is 954. The highest BCUT2D eigenvalue weighted by molar-refractivity contribution is 5.92. The third-order valence-electron chi connectivity index (χ3n) is 4.86. The van der Waals surface area contributed by atoms with Crippen molar-refractivity contribution in [2.75, 3.05) is 13.1 Å². The van der Waals surface area contributed by atoms with Crippen LogP contribution in [0.1, 0.15) is 39.8 Å². The molecule has 1 saturated heterocycles. The first kappa shape index (κ1) is 18.2. The van der Waals surface area contributed by atoms with E-state index in [0.29, 0.717) is 24.6 Å². The largest absolute Gasteiger partial charge is 0.484 e. The van der Waals surface area contributed by atoms with E-state index in [4.69, 9.17) is 9.26 Å². The Balaban J connectivity index is 1.35. The van der Waals surface area contributed by atoms with E-state index in [0.717, 1.165) is 17.7 Å². The van der Waals surface area contributed by atoms with Gasteiger partial charge in [-0.05, 0) is 43.2 Å². The van der Waals surface area contributed by atoms with E-state index < -0.39 is 0 Å². The number of aryl methyl sites for hydroxylation is 1. The smallest absolute Gasteiger partial charge is 0.276 e. The summed E-state index contributed by atoms with van der Waals surface area (Å²) in [6, 6.07) is 11.7. The Morgan fingerprint density at radius 2 is 2.11 bits per heavy atom. The minimum absolute atomic E-state index is 0.170. The number of hydrogen-bond donors (Lipinski definition) is 0. The Morgan fingerprint density at radius 3 is 2.86 bits per heavy atom. The van der Waals surface area contributed by atoms with E-state index in [1.54, 1.807) is 29.3 Å². The fourth-order valence-electron chi connectivity index (χ4n) is 3.29. The summed E-state index contributed by atoms with van der Waals surface area (Å²) in [7, 11) is 0. The van der Waals surface area contributed by atoms with Crippen LogP contribution in [0, 0.1) is 12.7 Å². The number of ether oxygens (including phenoxy) is 1. The van der Waals surface area contributed by atoms with Gasteiger partial charge in [0.15, 0.2) is 11.5 Å². The molecule has 1 aliphatic heterocycles. The summed E-state index contributed by atoms with van der Waals surface area (Å²) in [4.78, 5) is 18.6. The number of pyridine rings is 1. The molecule has 0 aliphatic carbocycles. The molecule has 0 bridgehead atoms. The monoisotopic (exact) mass is 381 g/mol. The number of rotatable bonds is 5. The molecule has 3 heterocycles. The molecule has 144 valence electrons. The highest BCUT2D eigenvalue weighted by Gasteiger charge is 2.29. The van der Waals surface area contributed by atoms with Crippen molar-refractivity contribution in [2.45, 2.75) is 25.9 Å². The number of carbonyl (C=O) groups excluding carboxylic acids is 1. The molecule has 0 spiro atoms. The average Bonchev–Trinajstić information content (AvgIpc) is 3.38. The number of likely N-dealkylation sites (tertiary alicyclic amines) is 1. The van der Waals surface area contributed by atoms with E-state index in [-0.39, 0.29) is 29.9 Å². The van der Waals surface area contributed by atoms with E-state index >= 15 is 0 Å². The van der Waals surface area contributed by atoms with Gasteiger partial charge in [-0.15, -0.1) is 0 Å². The molecule has 1 aliphatic rings. The van der Waals surface area contributed by atoms with Gasteiger partial charge < -0.3 is 14.2 Å². The first-order chi connectivity index (χ1) is 13.6. The predicted molar refractivity (Wildman–Crippen MR) is 99.5 cm³/mol. The second-order valence-electron chi connectivity index (χ2n) is 6.89. The van der Waals surface area contributed by atoms with Crippen molar-refractivity contribution in [3.8, 4) is 5.75 Å². The highest BCUT2D eigenvalue weighted by Crippen LogP contribution is 2.28.